The van der Waals surface area contributed by atoms with Crippen molar-refractivity contribution in [2.45, 2.75) is 46.4 Å². The van der Waals surface area contributed by atoms with Crippen molar-refractivity contribution in [2.75, 3.05) is 5.73 Å². The number of ketones is 1. The molecule has 0 aromatic heterocycles. The van der Waals surface area contributed by atoms with E-state index in [1.54, 1.807) is 31.2 Å². The van der Waals surface area contributed by atoms with Crippen molar-refractivity contribution >= 4 is 11.5 Å². The average molecular weight is 367 g/mol. The number of anilines is 1. The zero-order valence-corrected chi connectivity index (χ0v) is 16.7. The van der Waals surface area contributed by atoms with E-state index in [0.29, 0.717) is 22.6 Å². The van der Waals surface area contributed by atoms with E-state index in [9.17, 15) is 4.79 Å². The van der Waals surface area contributed by atoms with E-state index in [4.69, 9.17) is 16.2 Å². The van der Waals surface area contributed by atoms with E-state index in [1.165, 1.54) is 0 Å². The minimum atomic E-state index is -0.804. The summed E-state index contributed by atoms with van der Waals surface area (Å²) in [5, 5.41) is 3.18. The number of Topliss-reactive ketones (excluding diaryl/α,β-unsaturated/α-hetero) is 1. The minimum absolute atomic E-state index is 0.153. The lowest BCUT2D eigenvalue weighted by Crippen LogP contribution is -2.44. The van der Waals surface area contributed by atoms with Gasteiger partial charge in [0.1, 0.15) is 11.4 Å². The summed E-state index contributed by atoms with van der Waals surface area (Å²) in [5.74, 6) is -0.199. The summed E-state index contributed by atoms with van der Waals surface area (Å²) in [6.45, 7) is 9.49. The third-order valence-corrected chi connectivity index (χ3v) is 4.32. The fraction of sp³-hybridized carbons (Fsp3) is 0.318. The second-order valence-electron chi connectivity index (χ2n) is 7.26. The highest BCUT2D eigenvalue weighted by Gasteiger charge is 2.27. The SMILES string of the molecule is C/C(N)=C(\NC(C)(C)OC(C)c1ccccc1C)C(=O)c1ccc(N)cc1. The van der Waals surface area contributed by atoms with E-state index < -0.39 is 5.72 Å². The van der Waals surface area contributed by atoms with Gasteiger partial charge in [-0.25, -0.2) is 0 Å². The van der Waals surface area contributed by atoms with Crippen LogP contribution in [0.1, 0.15) is 55.3 Å². The Balaban J connectivity index is 2.19. The molecule has 0 amide bonds. The summed E-state index contributed by atoms with van der Waals surface area (Å²) in [6.07, 6.45) is -0.153. The molecular formula is C22H29N3O2. The first-order valence-corrected chi connectivity index (χ1v) is 8.99. The molecule has 27 heavy (non-hydrogen) atoms. The maximum atomic E-state index is 12.9. The largest absolute Gasteiger partial charge is 0.400 e. The first-order chi connectivity index (χ1) is 12.6. The Morgan fingerprint density at radius 3 is 2.26 bits per heavy atom. The molecule has 5 nitrogen and oxygen atoms in total. The van der Waals surface area contributed by atoms with Crippen LogP contribution in [-0.4, -0.2) is 11.5 Å². The molecule has 0 bridgehead atoms. The van der Waals surface area contributed by atoms with Crippen molar-refractivity contribution in [2.24, 2.45) is 5.73 Å². The van der Waals surface area contributed by atoms with Crippen LogP contribution in [0, 0.1) is 6.92 Å². The van der Waals surface area contributed by atoms with Crippen LogP contribution < -0.4 is 16.8 Å². The minimum Gasteiger partial charge on any atom is -0.400 e. The van der Waals surface area contributed by atoms with Crippen molar-refractivity contribution < 1.29 is 9.53 Å². The summed E-state index contributed by atoms with van der Waals surface area (Å²) in [5.41, 5.74) is 15.0. The number of carbonyl (C=O) groups excluding carboxylic acids is 1. The number of hydrogen-bond acceptors (Lipinski definition) is 5. The number of nitrogens with two attached hydrogens (primary N) is 2. The lowest BCUT2D eigenvalue weighted by atomic mass is 10.0. The molecule has 0 radical (unpaired) electrons. The third-order valence-electron chi connectivity index (χ3n) is 4.32. The van der Waals surface area contributed by atoms with Crippen molar-refractivity contribution in [1.82, 2.24) is 5.32 Å². The highest BCUT2D eigenvalue weighted by atomic mass is 16.5. The Morgan fingerprint density at radius 2 is 1.70 bits per heavy atom. The van der Waals surface area contributed by atoms with Gasteiger partial charge in [-0.1, -0.05) is 24.3 Å². The van der Waals surface area contributed by atoms with Gasteiger partial charge in [-0.2, -0.15) is 0 Å². The molecule has 0 aliphatic heterocycles. The molecule has 2 aromatic carbocycles. The molecule has 0 saturated heterocycles. The molecule has 0 saturated carbocycles. The van der Waals surface area contributed by atoms with Crippen molar-refractivity contribution in [3.8, 4) is 0 Å². The molecule has 0 fully saturated rings. The van der Waals surface area contributed by atoms with Gasteiger partial charge in [0.15, 0.2) is 0 Å². The van der Waals surface area contributed by atoms with Crippen LogP contribution in [0.2, 0.25) is 0 Å². The fourth-order valence-corrected chi connectivity index (χ4v) is 2.99. The van der Waals surface area contributed by atoms with Gasteiger partial charge in [-0.05, 0) is 70.0 Å². The number of allylic oxidation sites excluding steroid dienone is 2. The molecular weight excluding hydrogens is 338 g/mol. The van der Waals surface area contributed by atoms with E-state index in [1.807, 2.05) is 39.0 Å². The lowest BCUT2D eigenvalue weighted by Gasteiger charge is -2.33. The van der Waals surface area contributed by atoms with Crippen molar-refractivity contribution in [3.63, 3.8) is 0 Å². The molecule has 5 heteroatoms. The van der Waals surface area contributed by atoms with E-state index in [2.05, 4.69) is 18.3 Å². The zero-order chi connectivity index (χ0) is 20.2. The Morgan fingerprint density at radius 1 is 1.11 bits per heavy atom. The average Bonchev–Trinajstić information content (AvgIpc) is 2.59. The van der Waals surface area contributed by atoms with E-state index in [-0.39, 0.29) is 11.9 Å². The van der Waals surface area contributed by atoms with Gasteiger partial charge in [0.2, 0.25) is 5.78 Å². The van der Waals surface area contributed by atoms with Crippen LogP contribution in [0.4, 0.5) is 5.69 Å². The molecule has 144 valence electrons. The Labute approximate surface area is 161 Å². The van der Waals surface area contributed by atoms with Gasteiger partial charge < -0.3 is 21.5 Å². The molecule has 2 aromatic rings. The number of nitrogen functional groups attached to an aromatic ring is 1. The van der Waals surface area contributed by atoms with Crippen LogP contribution in [0.25, 0.3) is 0 Å². The van der Waals surface area contributed by atoms with E-state index >= 15 is 0 Å². The van der Waals surface area contributed by atoms with Gasteiger partial charge in [-0.3, -0.25) is 4.79 Å². The number of carbonyl (C=O) groups is 1. The highest BCUT2D eigenvalue weighted by molar-refractivity contribution is 6.08. The molecule has 0 heterocycles. The summed E-state index contributed by atoms with van der Waals surface area (Å²) >= 11 is 0. The molecule has 0 aliphatic carbocycles. The van der Waals surface area contributed by atoms with Gasteiger partial charge in [-0.15, -0.1) is 0 Å². The van der Waals surface area contributed by atoms with Crippen LogP contribution in [0.15, 0.2) is 59.9 Å². The smallest absolute Gasteiger partial charge is 0.210 e. The predicted octanol–water partition coefficient (Wildman–Crippen LogP) is 4.05. The molecule has 0 spiro atoms. The maximum Gasteiger partial charge on any atom is 0.210 e. The Kier molecular flexibility index (Phi) is 6.28. The number of nitrogens with one attached hydrogen (secondary N) is 1. The van der Waals surface area contributed by atoms with Crippen LogP contribution in [0.5, 0.6) is 0 Å². The third kappa shape index (κ3) is 5.34. The fourth-order valence-electron chi connectivity index (χ4n) is 2.99. The molecule has 2 rings (SSSR count). The Hall–Kier alpha value is -2.79. The molecule has 5 N–H and O–H groups in total. The summed E-state index contributed by atoms with van der Waals surface area (Å²) in [4.78, 5) is 12.9. The molecule has 1 atom stereocenters. The summed E-state index contributed by atoms with van der Waals surface area (Å²) < 4.78 is 6.22. The van der Waals surface area contributed by atoms with Gasteiger partial charge >= 0.3 is 0 Å². The van der Waals surface area contributed by atoms with Crippen LogP contribution in [0.3, 0.4) is 0 Å². The Bertz CT molecular complexity index is 835. The summed E-state index contributed by atoms with van der Waals surface area (Å²) in [6, 6.07) is 14.8. The first-order valence-electron chi connectivity index (χ1n) is 8.99. The highest BCUT2D eigenvalue weighted by Crippen LogP contribution is 2.26. The monoisotopic (exact) mass is 367 g/mol. The van der Waals surface area contributed by atoms with Crippen molar-refractivity contribution in [1.29, 1.82) is 0 Å². The standard InChI is InChI=1S/C22H29N3O2/c1-14-8-6-7-9-19(14)16(3)27-22(4,5)25-20(15(2)23)21(26)17-10-12-18(24)13-11-17/h6-13,16,25H,23-24H2,1-5H3/b20-15+. The number of rotatable bonds is 7. The number of benzene rings is 2. The van der Waals surface area contributed by atoms with Crippen molar-refractivity contribution in [3.05, 3.63) is 76.6 Å². The second kappa shape index (κ2) is 8.27. The van der Waals surface area contributed by atoms with Gasteiger partial charge in [0.25, 0.3) is 0 Å². The van der Waals surface area contributed by atoms with Gasteiger partial charge in [0.05, 0.1) is 6.10 Å². The predicted molar refractivity (Wildman–Crippen MR) is 110 cm³/mol. The van der Waals surface area contributed by atoms with Crippen LogP contribution in [-0.2, 0) is 4.74 Å². The number of ether oxygens (including phenoxy) is 1. The van der Waals surface area contributed by atoms with Gasteiger partial charge in [0, 0.05) is 16.9 Å². The lowest BCUT2D eigenvalue weighted by molar-refractivity contribution is -0.0808. The van der Waals surface area contributed by atoms with Crippen LogP contribution >= 0.6 is 0 Å². The normalized spacial score (nSPS) is 13.7. The topological polar surface area (TPSA) is 90.4 Å². The molecule has 1 unspecified atom stereocenters. The number of hydrogen-bond donors (Lipinski definition) is 3. The summed E-state index contributed by atoms with van der Waals surface area (Å²) in [7, 11) is 0. The first kappa shape index (κ1) is 20.5. The maximum absolute atomic E-state index is 12.9. The second-order valence-corrected chi connectivity index (χ2v) is 7.26. The number of aryl methyl sites for hydroxylation is 1. The van der Waals surface area contributed by atoms with E-state index in [0.717, 1.165) is 11.1 Å². The quantitative estimate of drug-likeness (QED) is 0.297. The molecule has 0 aliphatic rings. The zero-order valence-electron chi connectivity index (χ0n) is 16.7.